The maximum Gasteiger partial charge on any atom is 0.287 e. The average molecular weight is 280 g/mol. The van der Waals surface area contributed by atoms with Gasteiger partial charge in [-0.25, -0.2) is 4.98 Å². The number of pyridine rings is 1. The highest BCUT2D eigenvalue weighted by atomic mass is 16.6. The van der Waals surface area contributed by atoms with Gasteiger partial charge in [0.1, 0.15) is 12.0 Å². The van der Waals surface area contributed by atoms with Crippen molar-refractivity contribution in [3.8, 4) is 0 Å². The zero-order valence-corrected chi connectivity index (χ0v) is 12.2. The van der Waals surface area contributed by atoms with Crippen LogP contribution in [0.15, 0.2) is 12.3 Å². The molecule has 0 spiro atoms. The Morgan fingerprint density at radius 2 is 2.05 bits per heavy atom. The van der Waals surface area contributed by atoms with Gasteiger partial charge in [0.25, 0.3) is 5.69 Å². The summed E-state index contributed by atoms with van der Waals surface area (Å²) in [5.74, 6) is 0.563. The van der Waals surface area contributed by atoms with E-state index >= 15 is 0 Å². The first kappa shape index (κ1) is 15.9. The fourth-order valence-corrected chi connectivity index (χ4v) is 1.47. The van der Waals surface area contributed by atoms with E-state index in [0.29, 0.717) is 24.5 Å². The molecule has 20 heavy (non-hydrogen) atoms. The number of carbonyl (C=O) groups excluding carboxylic acids is 1. The summed E-state index contributed by atoms with van der Waals surface area (Å²) in [6, 6.07) is 1.46. The molecule has 0 saturated heterocycles. The number of rotatable bonds is 5. The smallest absolute Gasteiger partial charge is 0.287 e. The molecule has 0 saturated carbocycles. The number of nitrogens with one attached hydrogen (secondary N) is 2. The fourth-order valence-electron chi connectivity index (χ4n) is 1.47. The van der Waals surface area contributed by atoms with Gasteiger partial charge in [-0.2, -0.15) is 0 Å². The van der Waals surface area contributed by atoms with Gasteiger partial charge in [0, 0.05) is 24.6 Å². The van der Waals surface area contributed by atoms with Crippen LogP contribution < -0.4 is 10.6 Å². The first-order valence-electron chi connectivity index (χ1n) is 6.35. The van der Waals surface area contributed by atoms with Gasteiger partial charge in [0.15, 0.2) is 0 Å². The number of carbonyl (C=O) groups is 1. The summed E-state index contributed by atoms with van der Waals surface area (Å²) in [6.07, 6.45) is 1.21. The Morgan fingerprint density at radius 1 is 1.40 bits per heavy atom. The van der Waals surface area contributed by atoms with Crippen LogP contribution in [-0.4, -0.2) is 28.9 Å². The van der Waals surface area contributed by atoms with Gasteiger partial charge in [-0.1, -0.05) is 20.8 Å². The lowest BCUT2D eigenvalue weighted by Crippen LogP contribution is -2.37. The lowest BCUT2D eigenvalue weighted by Gasteiger charge is -2.17. The molecule has 0 fully saturated rings. The van der Waals surface area contributed by atoms with Crippen LogP contribution in [0.1, 0.15) is 26.3 Å². The SMILES string of the molecule is Cc1cc([N+](=O)[O-])cnc1NCCNC(=O)C(C)(C)C. The van der Waals surface area contributed by atoms with Crippen molar-refractivity contribution in [1.29, 1.82) is 0 Å². The molecular formula is C13H20N4O3. The molecule has 7 nitrogen and oxygen atoms in total. The van der Waals surface area contributed by atoms with Crippen LogP contribution in [0.2, 0.25) is 0 Å². The maximum absolute atomic E-state index is 11.6. The van der Waals surface area contributed by atoms with Crippen molar-refractivity contribution in [2.75, 3.05) is 18.4 Å². The second kappa shape index (κ2) is 6.31. The molecule has 7 heteroatoms. The lowest BCUT2D eigenvalue weighted by atomic mass is 9.96. The highest BCUT2D eigenvalue weighted by Gasteiger charge is 2.20. The molecule has 110 valence electrons. The van der Waals surface area contributed by atoms with E-state index in [1.54, 1.807) is 6.92 Å². The summed E-state index contributed by atoms with van der Waals surface area (Å²) in [6.45, 7) is 8.26. The summed E-state index contributed by atoms with van der Waals surface area (Å²) in [5, 5.41) is 16.4. The van der Waals surface area contributed by atoms with Crippen LogP contribution in [0.5, 0.6) is 0 Å². The number of anilines is 1. The van der Waals surface area contributed by atoms with Crippen LogP contribution in [-0.2, 0) is 4.79 Å². The molecule has 1 amide bonds. The molecule has 0 aliphatic rings. The summed E-state index contributed by atoms with van der Waals surface area (Å²) in [4.78, 5) is 25.7. The van der Waals surface area contributed by atoms with Gasteiger partial charge >= 0.3 is 0 Å². The van der Waals surface area contributed by atoms with Gasteiger partial charge in [-0.15, -0.1) is 0 Å². The van der Waals surface area contributed by atoms with Crippen LogP contribution in [0.3, 0.4) is 0 Å². The second-order valence-corrected chi connectivity index (χ2v) is 5.55. The third-order valence-corrected chi connectivity index (χ3v) is 2.66. The number of hydrogen-bond acceptors (Lipinski definition) is 5. The van der Waals surface area contributed by atoms with E-state index < -0.39 is 10.3 Å². The number of nitrogens with zero attached hydrogens (tertiary/aromatic N) is 2. The topological polar surface area (TPSA) is 97.2 Å². The van der Waals surface area contributed by atoms with Crippen molar-refractivity contribution < 1.29 is 9.72 Å². The molecule has 0 aliphatic carbocycles. The largest absolute Gasteiger partial charge is 0.368 e. The van der Waals surface area contributed by atoms with E-state index in [-0.39, 0.29) is 11.6 Å². The van der Waals surface area contributed by atoms with Crippen LogP contribution >= 0.6 is 0 Å². The molecule has 1 rings (SSSR count). The highest BCUT2D eigenvalue weighted by molar-refractivity contribution is 5.81. The van der Waals surface area contributed by atoms with E-state index in [9.17, 15) is 14.9 Å². The first-order valence-corrected chi connectivity index (χ1v) is 6.35. The third kappa shape index (κ3) is 4.49. The minimum absolute atomic E-state index is 0.0207. The molecule has 0 aromatic carbocycles. The van der Waals surface area contributed by atoms with E-state index in [1.807, 2.05) is 20.8 Å². The summed E-state index contributed by atoms with van der Waals surface area (Å²) >= 11 is 0. The zero-order chi connectivity index (χ0) is 15.3. The third-order valence-electron chi connectivity index (χ3n) is 2.66. The summed E-state index contributed by atoms with van der Waals surface area (Å²) < 4.78 is 0. The molecule has 1 aromatic rings. The van der Waals surface area contributed by atoms with Gasteiger partial charge in [0.05, 0.1) is 4.92 Å². The van der Waals surface area contributed by atoms with E-state index in [1.165, 1.54) is 12.3 Å². The molecule has 0 aliphatic heterocycles. The van der Waals surface area contributed by atoms with Crippen molar-refractivity contribution in [2.24, 2.45) is 5.41 Å². The van der Waals surface area contributed by atoms with E-state index in [0.717, 1.165) is 0 Å². The monoisotopic (exact) mass is 280 g/mol. The Bertz CT molecular complexity index is 509. The average Bonchev–Trinajstić information content (AvgIpc) is 2.34. The number of nitro groups is 1. The van der Waals surface area contributed by atoms with E-state index in [2.05, 4.69) is 15.6 Å². The van der Waals surface area contributed by atoms with Crippen molar-refractivity contribution in [1.82, 2.24) is 10.3 Å². The van der Waals surface area contributed by atoms with Crippen LogP contribution in [0, 0.1) is 22.5 Å². The Labute approximate surface area is 117 Å². The number of aryl methyl sites for hydroxylation is 1. The summed E-state index contributed by atoms with van der Waals surface area (Å²) in [5.41, 5.74) is 0.247. The van der Waals surface area contributed by atoms with Gasteiger partial charge in [-0.05, 0) is 12.5 Å². The number of aromatic nitrogens is 1. The first-order chi connectivity index (χ1) is 9.21. The molecular weight excluding hydrogens is 260 g/mol. The Morgan fingerprint density at radius 3 is 2.55 bits per heavy atom. The highest BCUT2D eigenvalue weighted by Crippen LogP contribution is 2.17. The van der Waals surface area contributed by atoms with Crippen molar-refractivity contribution in [2.45, 2.75) is 27.7 Å². The minimum atomic E-state index is -0.479. The molecule has 0 bridgehead atoms. The van der Waals surface area contributed by atoms with Crippen LogP contribution in [0.4, 0.5) is 11.5 Å². The molecule has 2 N–H and O–H groups in total. The van der Waals surface area contributed by atoms with Crippen molar-refractivity contribution in [3.63, 3.8) is 0 Å². The van der Waals surface area contributed by atoms with Gasteiger partial charge in [0.2, 0.25) is 5.91 Å². The number of hydrogen-bond donors (Lipinski definition) is 2. The Hall–Kier alpha value is -2.18. The predicted octanol–water partition coefficient (Wildman–Crippen LogP) is 1.87. The number of amides is 1. The fraction of sp³-hybridized carbons (Fsp3) is 0.538. The Balaban J connectivity index is 2.47. The molecule has 0 atom stereocenters. The van der Waals surface area contributed by atoms with Crippen molar-refractivity contribution >= 4 is 17.4 Å². The van der Waals surface area contributed by atoms with Crippen molar-refractivity contribution in [3.05, 3.63) is 27.9 Å². The lowest BCUT2D eigenvalue weighted by molar-refractivity contribution is -0.385. The van der Waals surface area contributed by atoms with Crippen LogP contribution in [0.25, 0.3) is 0 Å². The zero-order valence-electron chi connectivity index (χ0n) is 12.2. The second-order valence-electron chi connectivity index (χ2n) is 5.55. The Kier molecular flexibility index (Phi) is 5.01. The summed E-state index contributed by atoms with van der Waals surface area (Å²) in [7, 11) is 0. The van der Waals surface area contributed by atoms with Gasteiger partial charge in [-0.3, -0.25) is 14.9 Å². The molecule has 0 radical (unpaired) electrons. The molecule has 1 heterocycles. The van der Waals surface area contributed by atoms with E-state index in [4.69, 9.17) is 0 Å². The molecule has 0 unspecified atom stereocenters. The normalized spacial score (nSPS) is 11.0. The minimum Gasteiger partial charge on any atom is -0.368 e. The maximum atomic E-state index is 11.6. The predicted molar refractivity (Wildman–Crippen MR) is 76.6 cm³/mol. The molecule has 1 aromatic heterocycles. The standard InChI is InChI=1S/C13H20N4O3/c1-9-7-10(17(19)20)8-16-11(9)14-5-6-15-12(18)13(2,3)4/h7-8H,5-6H2,1-4H3,(H,14,16)(H,15,18). The quantitative estimate of drug-likeness (QED) is 0.487. The van der Waals surface area contributed by atoms with Gasteiger partial charge < -0.3 is 10.6 Å².